The van der Waals surface area contributed by atoms with Gasteiger partial charge in [0.05, 0.1) is 16.7 Å². The standard InChI is InChI=1S/C18H29F3N6OS/c19-18(20,21)17-24-15(26-8-1-2-9-26)13-16(25-17)27-10-4-14(5-11-27)3-7-23-29(28)12-6-22/h13-14,23H,1-12,22H2. The van der Waals surface area contributed by atoms with E-state index in [4.69, 9.17) is 5.73 Å². The van der Waals surface area contributed by atoms with Crippen molar-refractivity contribution >= 4 is 22.6 Å². The van der Waals surface area contributed by atoms with Crippen LogP contribution in [0.2, 0.25) is 0 Å². The third-order valence-electron chi connectivity index (χ3n) is 5.44. The molecule has 2 aliphatic rings. The lowest BCUT2D eigenvalue weighted by atomic mass is 9.94. The third-order valence-corrected chi connectivity index (χ3v) is 6.57. The Morgan fingerprint density at radius 3 is 2.24 bits per heavy atom. The van der Waals surface area contributed by atoms with Crippen LogP contribution in [0.3, 0.4) is 0 Å². The van der Waals surface area contributed by atoms with Crippen LogP contribution < -0.4 is 20.3 Å². The summed E-state index contributed by atoms with van der Waals surface area (Å²) in [5.74, 6) is 0.553. The lowest BCUT2D eigenvalue weighted by Crippen LogP contribution is -2.36. The van der Waals surface area contributed by atoms with Gasteiger partial charge < -0.3 is 15.5 Å². The number of nitrogens with one attached hydrogen (secondary N) is 1. The van der Waals surface area contributed by atoms with Crippen LogP contribution in [0.15, 0.2) is 6.07 Å². The SMILES string of the molecule is NCCS(=O)NCCC1CCN(c2cc(N3CCCC3)nc(C(F)(F)F)n2)CC1. The van der Waals surface area contributed by atoms with Gasteiger partial charge >= 0.3 is 6.18 Å². The molecule has 0 bridgehead atoms. The molecule has 0 saturated carbocycles. The molecule has 2 aliphatic heterocycles. The zero-order chi connectivity index (χ0) is 20.9. The van der Waals surface area contributed by atoms with Crippen molar-refractivity contribution in [3.8, 4) is 0 Å². The molecule has 29 heavy (non-hydrogen) atoms. The summed E-state index contributed by atoms with van der Waals surface area (Å²) in [6.45, 7) is 3.82. The van der Waals surface area contributed by atoms with E-state index in [-0.39, 0.29) is 0 Å². The maximum Gasteiger partial charge on any atom is 0.451 e. The summed E-state index contributed by atoms with van der Waals surface area (Å²) in [6.07, 6.45) is 0.00594. The summed E-state index contributed by atoms with van der Waals surface area (Å²) >= 11 is 0. The van der Waals surface area contributed by atoms with Crippen LogP contribution >= 0.6 is 0 Å². The molecule has 3 heterocycles. The Bertz CT molecular complexity index is 691. The average Bonchev–Trinajstić information content (AvgIpc) is 3.23. The van der Waals surface area contributed by atoms with Crippen molar-refractivity contribution in [2.75, 3.05) is 54.8 Å². The first-order valence-corrected chi connectivity index (χ1v) is 11.5. The quantitative estimate of drug-likeness (QED) is 0.650. The number of piperidine rings is 1. The van der Waals surface area contributed by atoms with Crippen molar-refractivity contribution in [3.05, 3.63) is 11.9 Å². The Morgan fingerprint density at radius 1 is 1.10 bits per heavy atom. The number of alkyl halides is 3. The minimum atomic E-state index is -4.56. The van der Waals surface area contributed by atoms with Crippen LogP contribution in [0.25, 0.3) is 0 Å². The monoisotopic (exact) mass is 434 g/mol. The lowest BCUT2D eigenvalue weighted by molar-refractivity contribution is -0.144. The fourth-order valence-electron chi connectivity index (χ4n) is 3.83. The fraction of sp³-hybridized carbons (Fsp3) is 0.778. The molecule has 0 aliphatic carbocycles. The Balaban J connectivity index is 1.60. The minimum absolute atomic E-state index is 0.356. The molecule has 164 valence electrons. The van der Waals surface area contributed by atoms with E-state index in [0.717, 1.165) is 45.2 Å². The summed E-state index contributed by atoms with van der Waals surface area (Å²) in [5, 5.41) is 0. The highest BCUT2D eigenvalue weighted by molar-refractivity contribution is 7.83. The van der Waals surface area contributed by atoms with Gasteiger partial charge in [-0.05, 0) is 38.0 Å². The molecule has 0 radical (unpaired) electrons. The summed E-state index contributed by atoms with van der Waals surface area (Å²) in [6, 6.07) is 1.69. The predicted molar refractivity (Wildman–Crippen MR) is 108 cm³/mol. The molecule has 3 rings (SSSR count). The molecule has 7 nitrogen and oxygen atoms in total. The van der Waals surface area contributed by atoms with Gasteiger partial charge in [-0.3, -0.25) is 0 Å². The average molecular weight is 435 g/mol. The van der Waals surface area contributed by atoms with Crippen molar-refractivity contribution in [1.82, 2.24) is 14.7 Å². The molecule has 1 unspecified atom stereocenters. The first kappa shape index (κ1) is 22.2. The molecule has 3 N–H and O–H groups in total. The Kier molecular flexibility index (Phi) is 7.69. The van der Waals surface area contributed by atoms with Crippen molar-refractivity contribution < 1.29 is 17.4 Å². The Labute approximate surface area is 171 Å². The van der Waals surface area contributed by atoms with Gasteiger partial charge in [0, 0.05) is 45.3 Å². The number of hydrogen-bond acceptors (Lipinski definition) is 6. The molecule has 1 aromatic rings. The molecule has 1 aromatic heterocycles. The van der Waals surface area contributed by atoms with E-state index in [9.17, 15) is 17.4 Å². The Hall–Kier alpha value is -1.46. The Morgan fingerprint density at radius 2 is 1.69 bits per heavy atom. The van der Waals surface area contributed by atoms with Crippen LogP contribution in [-0.4, -0.2) is 59.2 Å². The second-order valence-corrected chi connectivity index (χ2v) is 8.94. The topological polar surface area (TPSA) is 87.4 Å². The van der Waals surface area contributed by atoms with Gasteiger partial charge in [0.2, 0.25) is 5.82 Å². The van der Waals surface area contributed by atoms with Gasteiger partial charge in [0.1, 0.15) is 11.6 Å². The smallest absolute Gasteiger partial charge is 0.356 e. The normalized spacial score (nSPS) is 19.7. The van der Waals surface area contributed by atoms with Crippen LogP contribution in [0.4, 0.5) is 24.8 Å². The lowest BCUT2D eigenvalue weighted by Gasteiger charge is -2.33. The number of anilines is 2. The summed E-state index contributed by atoms with van der Waals surface area (Å²) in [5.41, 5.74) is 5.38. The molecule has 0 amide bonds. The molecular formula is C18H29F3N6OS. The molecule has 2 saturated heterocycles. The predicted octanol–water partition coefficient (Wildman–Crippen LogP) is 1.91. The molecule has 0 spiro atoms. The number of hydrogen-bond donors (Lipinski definition) is 2. The van der Waals surface area contributed by atoms with Crippen molar-refractivity contribution in [2.24, 2.45) is 11.7 Å². The van der Waals surface area contributed by atoms with Crippen molar-refractivity contribution in [1.29, 1.82) is 0 Å². The van der Waals surface area contributed by atoms with E-state index in [2.05, 4.69) is 14.7 Å². The number of nitrogens with two attached hydrogens (primary N) is 1. The second kappa shape index (κ2) is 10.0. The van der Waals surface area contributed by atoms with Crippen molar-refractivity contribution in [3.63, 3.8) is 0 Å². The number of rotatable bonds is 8. The van der Waals surface area contributed by atoms with Crippen LogP contribution in [-0.2, 0) is 17.2 Å². The maximum atomic E-state index is 13.3. The van der Waals surface area contributed by atoms with Crippen LogP contribution in [0.5, 0.6) is 0 Å². The van der Waals surface area contributed by atoms with Crippen LogP contribution in [0.1, 0.15) is 37.9 Å². The highest BCUT2D eigenvalue weighted by atomic mass is 32.2. The summed E-state index contributed by atoms with van der Waals surface area (Å²) in [7, 11) is -1.09. The van der Waals surface area contributed by atoms with Gasteiger partial charge in [-0.2, -0.15) is 13.2 Å². The van der Waals surface area contributed by atoms with E-state index in [1.807, 2.05) is 9.80 Å². The first-order valence-electron chi connectivity index (χ1n) is 10.1. The fourth-order valence-corrected chi connectivity index (χ4v) is 4.53. The van der Waals surface area contributed by atoms with E-state index in [1.165, 1.54) is 0 Å². The van der Waals surface area contributed by atoms with Gasteiger partial charge in [-0.1, -0.05) is 0 Å². The molecule has 1 atom stereocenters. The highest BCUT2D eigenvalue weighted by Gasteiger charge is 2.37. The number of nitrogens with zero attached hydrogens (tertiary/aromatic N) is 4. The molecule has 11 heteroatoms. The van der Waals surface area contributed by atoms with E-state index in [0.29, 0.717) is 49.5 Å². The van der Waals surface area contributed by atoms with E-state index in [1.54, 1.807) is 6.07 Å². The summed E-state index contributed by atoms with van der Waals surface area (Å²) < 4.78 is 54.5. The minimum Gasteiger partial charge on any atom is -0.356 e. The zero-order valence-electron chi connectivity index (χ0n) is 16.5. The second-order valence-electron chi connectivity index (χ2n) is 7.55. The van der Waals surface area contributed by atoms with Gasteiger partial charge in [-0.15, -0.1) is 0 Å². The number of halogens is 3. The molecular weight excluding hydrogens is 405 g/mol. The highest BCUT2D eigenvalue weighted by Crippen LogP contribution is 2.32. The third kappa shape index (κ3) is 6.26. The largest absolute Gasteiger partial charge is 0.451 e. The van der Waals surface area contributed by atoms with Crippen LogP contribution in [0, 0.1) is 5.92 Å². The van der Waals surface area contributed by atoms with Gasteiger partial charge in [0.25, 0.3) is 0 Å². The number of aromatic nitrogens is 2. The van der Waals surface area contributed by atoms with E-state index >= 15 is 0 Å². The van der Waals surface area contributed by atoms with Gasteiger partial charge in [0.15, 0.2) is 0 Å². The zero-order valence-corrected chi connectivity index (χ0v) is 17.3. The molecule has 2 fully saturated rings. The maximum absolute atomic E-state index is 13.3. The van der Waals surface area contributed by atoms with Gasteiger partial charge in [-0.25, -0.2) is 18.9 Å². The summed E-state index contributed by atoms with van der Waals surface area (Å²) in [4.78, 5) is 11.4. The van der Waals surface area contributed by atoms with Crippen molar-refractivity contribution in [2.45, 2.75) is 38.3 Å². The first-order chi connectivity index (χ1) is 13.9. The van der Waals surface area contributed by atoms with E-state index < -0.39 is 23.0 Å². The molecule has 0 aromatic carbocycles.